The lowest BCUT2D eigenvalue weighted by molar-refractivity contribution is 0.0694. The van der Waals surface area contributed by atoms with Crippen LogP contribution in [0.1, 0.15) is 27.9 Å². The highest BCUT2D eigenvalue weighted by atomic mass is 16.5. The highest BCUT2D eigenvalue weighted by Crippen LogP contribution is 2.31. The van der Waals surface area contributed by atoms with Gasteiger partial charge in [-0.05, 0) is 30.0 Å². The Kier molecular flexibility index (Phi) is 3.63. The Morgan fingerprint density at radius 2 is 2.35 bits per heavy atom. The van der Waals surface area contributed by atoms with Gasteiger partial charge in [0, 0.05) is 37.5 Å². The Bertz CT molecular complexity index is 720. The summed E-state index contributed by atoms with van der Waals surface area (Å²) in [6.07, 6.45) is 6.64. The second kappa shape index (κ2) is 5.79. The molecule has 2 aromatic heterocycles. The Morgan fingerprint density at radius 1 is 1.43 bits per heavy atom. The van der Waals surface area contributed by atoms with Gasteiger partial charge in [0.05, 0.1) is 30.4 Å². The maximum Gasteiger partial charge on any atom is 0.338 e. The SMILES string of the molecule is O=C(O)c1c(-c2ccoc2)ncc2c1CCN([C@@H]1CCOC1)C2. The number of furan rings is 1. The molecule has 23 heavy (non-hydrogen) atoms. The monoisotopic (exact) mass is 314 g/mol. The number of pyridine rings is 1. The predicted molar refractivity (Wildman–Crippen MR) is 82.2 cm³/mol. The van der Waals surface area contributed by atoms with Gasteiger partial charge in [-0.15, -0.1) is 0 Å². The first-order chi connectivity index (χ1) is 11.2. The number of aromatic carboxylic acids is 1. The number of hydrogen-bond donors (Lipinski definition) is 1. The van der Waals surface area contributed by atoms with Crippen LogP contribution in [0.3, 0.4) is 0 Å². The molecule has 1 N–H and O–H groups in total. The minimum atomic E-state index is -0.928. The molecule has 6 heteroatoms. The van der Waals surface area contributed by atoms with Crippen LogP contribution in [0.2, 0.25) is 0 Å². The van der Waals surface area contributed by atoms with Gasteiger partial charge in [0.1, 0.15) is 0 Å². The lowest BCUT2D eigenvalue weighted by atomic mass is 9.92. The molecule has 0 aromatic carbocycles. The van der Waals surface area contributed by atoms with Gasteiger partial charge >= 0.3 is 5.97 Å². The van der Waals surface area contributed by atoms with Crippen LogP contribution < -0.4 is 0 Å². The second-order valence-electron chi connectivity index (χ2n) is 6.04. The molecule has 0 saturated carbocycles. The van der Waals surface area contributed by atoms with Crippen molar-refractivity contribution in [1.29, 1.82) is 0 Å². The third kappa shape index (κ3) is 2.54. The molecular weight excluding hydrogens is 296 g/mol. The van der Waals surface area contributed by atoms with Crippen LogP contribution in [0.25, 0.3) is 11.3 Å². The molecule has 4 rings (SSSR count). The van der Waals surface area contributed by atoms with Gasteiger partial charge in [0.15, 0.2) is 0 Å². The molecule has 2 aromatic rings. The first-order valence-electron chi connectivity index (χ1n) is 7.82. The summed E-state index contributed by atoms with van der Waals surface area (Å²) in [5, 5.41) is 9.69. The van der Waals surface area contributed by atoms with Gasteiger partial charge in [0.2, 0.25) is 0 Å². The first-order valence-corrected chi connectivity index (χ1v) is 7.82. The van der Waals surface area contributed by atoms with Crippen LogP contribution >= 0.6 is 0 Å². The van der Waals surface area contributed by atoms with Gasteiger partial charge in [-0.25, -0.2) is 4.79 Å². The van der Waals surface area contributed by atoms with E-state index < -0.39 is 5.97 Å². The summed E-state index contributed by atoms with van der Waals surface area (Å²) >= 11 is 0. The van der Waals surface area contributed by atoms with E-state index >= 15 is 0 Å². The molecule has 120 valence electrons. The fourth-order valence-electron chi connectivity index (χ4n) is 3.53. The number of ether oxygens (including phenoxy) is 1. The van der Waals surface area contributed by atoms with Gasteiger partial charge < -0.3 is 14.3 Å². The summed E-state index contributed by atoms with van der Waals surface area (Å²) in [6.45, 7) is 3.17. The van der Waals surface area contributed by atoms with E-state index in [-0.39, 0.29) is 0 Å². The van der Waals surface area contributed by atoms with E-state index in [1.54, 1.807) is 6.07 Å². The molecule has 6 nitrogen and oxygen atoms in total. The number of aromatic nitrogens is 1. The largest absolute Gasteiger partial charge is 0.478 e. The highest BCUT2D eigenvalue weighted by Gasteiger charge is 2.30. The molecular formula is C17H18N2O4. The van der Waals surface area contributed by atoms with Crippen LogP contribution in [0.4, 0.5) is 0 Å². The number of carboxylic acid groups (broad SMARTS) is 1. The number of carboxylic acids is 1. The summed E-state index contributed by atoms with van der Waals surface area (Å²) < 4.78 is 10.5. The van der Waals surface area contributed by atoms with E-state index in [2.05, 4.69) is 9.88 Å². The third-order valence-corrected chi connectivity index (χ3v) is 4.73. The zero-order valence-corrected chi connectivity index (χ0v) is 12.7. The van der Waals surface area contributed by atoms with Gasteiger partial charge in [0.25, 0.3) is 0 Å². The van der Waals surface area contributed by atoms with Crippen molar-refractivity contribution in [2.24, 2.45) is 0 Å². The fourth-order valence-corrected chi connectivity index (χ4v) is 3.53. The molecule has 2 aliphatic rings. The Balaban J connectivity index is 1.72. The summed E-state index contributed by atoms with van der Waals surface area (Å²) in [5.74, 6) is -0.928. The van der Waals surface area contributed by atoms with Crippen LogP contribution in [-0.2, 0) is 17.7 Å². The first kappa shape index (κ1) is 14.4. The Labute approximate surface area is 133 Å². The summed E-state index contributed by atoms with van der Waals surface area (Å²) in [5.41, 5.74) is 3.41. The maximum atomic E-state index is 11.8. The topological polar surface area (TPSA) is 75.8 Å². The zero-order chi connectivity index (χ0) is 15.8. The smallest absolute Gasteiger partial charge is 0.338 e. The summed E-state index contributed by atoms with van der Waals surface area (Å²) in [6, 6.07) is 2.18. The van der Waals surface area contributed by atoms with Crippen LogP contribution in [-0.4, -0.2) is 46.8 Å². The van der Waals surface area contributed by atoms with Crippen molar-refractivity contribution in [2.75, 3.05) is 19.8 Å². The second-order valence-corrected chi connectivity index (χ2v) is 6.04. The molecule has 0 spiro atoms. The van der Waals surface area contributed by atoms with Gasteiger partial charge in [-0.1, -0.05) is 0 Å². The van der Waals surface area contributed by atoms with Gasteiger partial charge in [-0.3, -0.25) is 9.88 Å². The minimum absolute atomic E-state index is 0.311. The quantitative estimate of drug-likeness (QED) is 0.936. The molecule has 0 amide bonds. The molecule has 2 aliphatic heterocycles. The molecule has 1 fully saturated rings. The molecule has 0 bridgehead atoms. The Hall–Kier alpha value is -2.18. The number of rotatable bonds is 3. The maximum absolute atomic E-state index is 11.8. The molecule has 1 atom stereocenters. The fraction of sp³-hybridized carbons (Fsp3) is 0.412. The van der Waals surface area contributed by atoms with Crippen molar-refractivity contribution in [3.63, 3.8) is 0 Å². The standard InChI is InChI=1S/C17H18N2O4/c20-17(21)15-14-1-4-19(13-3-6-23-10-13)8-12(14)7-18-16(15)11-2-5-22-9-11/h2,5,7,9,13H,1,3-4,6,8,10H2,(H,20,21)/t13-/m1/s1. The van der Waals surface area contributed by atoms with Gasteiger partial charge in [-0.2, -0.15) is 0 Å². The van der Waals surface area contributed by atoms with E-state index in [9.17, 15) is 9.90 Å². The number of nitrogens with zero attached hydrogens (tertiary/aromatic N) is 2. The van der Waals surface area contributed by atoms with Crippen molar-refractivity contribution in [1.82, 2.24) is 9.88 Å². The average molecular weight is 314 g/mol. The van der Waals surface area contributed by atoms with E-state index in [0.29, 0.717) is 22.9 Å². The Morgan fingerprint density at radius 3 is 3.04 bits per heavy atom. The minimum Gasteiger partial charge on any atom is -0.478 e. The lowest BCUT2D eigenvalue weighted by Gasteiger charge is -2.33. The zero-order valence-electron chi connectivity index (χ0n) is 12.7. The van der Waals surface area contributed by atoms with Crippen molar-refractivity contribution in [2.45, 2.75) is 25.4 Å². The van der Waals surface area contributed by atoms with Crippen LogP contribution in [0.15, 0.2) is 29.2 Å². The molecule has 4 heterocycles. The van der Waals surface area contributed by atoms with Crippen molar-refractivity contribution >= 4 is 5.97 Å². The highest BCUT2D eigenvalue weighted by molar-refractivity contribution is 5.96. The molecule has 0 radical (unpaired) electrons. The van der Waals surface area contributed by atoms with E-state index in [4.69, 9.17) is 9.15 Å². The van der Waals surface area contributed by atoms with E-state index in [1.165, 1.54) is 12.5 Å². The van der Waals surface area contributed by atoms with Crippen molar-refractivity contribution in [3.8, 4) is 11.3 Å². The van der Waals surface area contributed by atoms with Crippen molar-refractivity contribution < 1.29 is 19.1 Å². The number of carbonyl (C=O) groups is 1. The molecule has 0 unspecified atom stereocenters. The third-order valence-electron chi connectivity index (χ3n) is 4.73. The van der Waals surface area contributed by atoms with Crippen molar-refractivity contribution in [3.05, 3.63) is 41.5 Å². The lowest BCUT2D eigenvalue weighted by Crippen LogP contribution is -2.40. The normalized spacial score (nSPS) is 21.3. The summed E-state index contributed by atoms with van der Waals surface area (Å²) in [4.78, 5) is 18.6. The predicted octanol–water partition coefficient (Wildman–Crippen LogP) is 2.19. The number of fused-ring (bicyclic) bond motifs is 1. The van der Waals surface area contributed by atoms with E-state index in [1.807, 2.05) is 6.20 Å². The van der Waals surface area contributed by atoms with Crippen LogP contribution in [0, 0.1) is 0 Å². The molecule has 0 aliphatic carbocycles. The number of hydrogen-bond acceptors (Lipinski definition) is 5. The van der Waals surface area contributed by atoms with E-state index in [0.717, 1.165) is 50.3 Å². The molecule has 1 saturated heterocycles. The summed E-state index contributed by atoms with van der Waals surface area (Å²) in [7, 11) is 0. The average Bonchev–Trinajstić information content (AvgIpc) is 3.26. The van der Waals surface area contributed by atoms with Crippen LogP contribution in [0.5, 0.6) is 0 Å².